The molecular weight excluding hydrogens is 644 g/mol. The van der Waals surface area contributed by atoms with E-state index in [0.717, 1.165) is 63.4 Å². The Morgan fingerprint density at radius 3 is 2.41 bits per heavy atom. The molecule has 0 aliphatic heterocycles. The molecular formula is C43H54O8. The SMILES string of the molecule is C[C@@H]1CC2=CC(=O)CCC2C2CCC3C(CC[C@@H]3OC(=O)CCC(=O)OCC(=O)[C@H]3CCC4C5CCC6=CC(=O)C=C[C@]6(C)C5C(=O)C[C@@]43C)C21. The molecule has 8 heteroatoms. The maximum atomic E-state index is 13.8. The van der Waals surface area contributed by atoms with Crippen molar-refractivity contribution in [1.82, 2.24) is 0 Å². The van der Waals surface area contributed by atoms with E-state index in [0.29, 0.717) is 54.8 Å². The molecule has 8 rings (SSSR count). The second-order valence-electron chi connectivity index (χ2n) is 18.1. The minimum atomic E-state index is -0.575. The van der Waals surface area contributed by atoms with Crippen LogP contribution >= 0.6 is 0 Å². The molecule has 8 nitrogen and oxygen atoms in total. The number of hydrogen-bond donors (Lipinski definition) is 0. The van der Waals surface area contributed by atoms with Gasteiger partial charge < -0.3 is 9.47 Å². The summed E-state index contributed by atoms with van der Waals surface area (Å²) >= 11 is 0. The number of fused-ring (bicyclic) bond motifs is 10. The second-order valence-corrected chi connectivity index (χ2v) is 18.1. The quantitative estimate of drug-likeness (QED) is 0.264. The van der Waals surface area contributed by atoms with Gasteiger partial charge in [-0.2, -0.15) is 0 Å². The van der Waals surface area contributed by atoms with Crippen molar-refractivity contribution in [2.75, 3.05) is 6.61 Å². The van der Waals surface area contributed by atoms with Crippen molar-refractivity contribution in [3.63, 3.8) is 0 Å². The van der Waals surface area contributed by atoms with Gasteiger partial charge in [-0.15, -0.1) is 0 Å². The molecule has 0 aromatic carbocycles. The lowest BCUT2D eigenvalue weighted by atomic mass is 9.47. The highest BCUT2D eigenvalue weighted by atomic mass is 16.5. The van der Waals surface area contributed by atoms with Gasteiger partial charge in [0.2, 0.25) is 0 Å². The molecule has 8 unspecified atom stereocenters. The largest absolute Gasteiger partial charge is 0.462 e. The Bertz CT molecular complexity index is 1630. The van der Waals surface area contributed by atoms with Gasteiger partial charge in [-0.3, -0.25) is 28.8 Å². The number of hydrogen-bond acceptors (Lipinski definition) is 8. The third kappa shape index (κ3) is 5.85. The molecule has 8 aliphatic carbocycles. The number of carbonyl (C=O) groups excluding carboxylic acids is 6. The van der Waals surface area contributed by atoms with Crippen LogP contribution in [0.15, 0.2) is 35.5 Å². The number of allylic oxidation sites excluding steroid dienone is 5. The summed E-state index contributed by atoms with van der Waals surface area (Å²) in [5, 5.41) is 0. The van der Waals surface area contributed by atoms with Crippen LogP contribution in [0.4, 0.5) is 0 Å². The maximum absolute atomic E-state index is 13.8. The van der Waals surface area contributed by atoms with Crippen LogP contribution in [0.3, 0.4) is 0 Å². The fourth-order valence-electron chi connectivity index (χ4n) is 13.7. The smallest absolute Gasteiger partial charge is 0.306 e. The first-order chi connectivity index (χ1) is 24.4. The highest BCUT2D eigenvalue weighted by Gasteiger charge is 2.63. The van der Waals surface area contributed by atoms with Crippen LogP contribution in [0.25, 0.3) is 0 Å². The highest BCUT2D eigenvalue weighted by molar-refractivity contribution is 6.02. The molecule has 0 aromatic heterocycles. The summed E-state index contributed by atoms with van der Waals surface area (Å²) < 4.78 is 11.5. The van der Waals surface area contributed by atoms with Gasteiger partial charge >= 0.3 is 11.9 Å². The molecule has 51 heavy (non-hydrogen) atoms. The summed E-state index contributed by atoms with van der Waals surface area (Å²) in [7, 11) is 0. The summed E-state index contributed by atoms with van der Waals surface area (Å²) in [4.78, 5) is 77.3. The third-order valence-corrected chi connectivity index (χ3v) is 15.7. The Balaban J connectivity index is 0.814. The number of ether oxygens (including phenoxy) is 2. The number of Topliss-reactive ketones (excluding diaryl/α,β-unsaturated/α-hetero) is 2. The van der Waals surface area contributed by atoms with E-state index in [9.17, 15) is 28.8 Å². The topological polar surface area (TPSA) is 121 Å². The van der Waals surface area contributed by atoms with E-state index in [1.165, 1.54) is 5.57 Å². The van der Waals surface area contributed by atoms with Gasteiger partial charge in [0.05, 0.1) is 12.8 Å². The van der Waals surface area contributed by atoms with E-state index >= 15 is 0 Å². The zero-order valence-electron chi connectivity index (χ0n) is 30.5. The van der Waals surface area contributed by atoms with Crippen LogP contribution < -0.4 is 0 Å². The summed E-state index contributed by atoms with van der Waals surface area (Å²) in [5.74, 6) is 2.40. The van der Waals surface area contributed by atoms with Crippen LogP contribution in [-0.2, 0) is 38.2 Å². The van der Waals surface area contributed by atoms with Crippen molar-refractivity contribution < 1.29 is 38.2 Å². The van der Waals surface area contributed by atoms with Gasteiger partial charge in [-0.1, -0.05) is 38.0 Å². The van der Waals surface area contributed by atoms with E-state index in [-0.39, 0.29) is 78.3 Å². The molecule has 0 N–H and O–H groups in total. The number of ketones is 4. The molecule has 0 amide bonds. The fourth-order valence-corrected chi connectivity index (χ4v) is 13.7. The van der Waals surface area contributed by atoms with Gasteiger partial charge in [0, 0.05) is 30.1 Å². The van der Waals surface area contributed by atoms with Gasteiger partial charge in [0.15, 0.2) is 17.3 Å². The van der Waals surface area contributed by atoms with E-state index in [1.54, 1.807) is 12.2 Å². The normalized spacial score (nSPS) is 43.7. The number of carbonyl (C=O) groups is 6. The van der Waals surface area contributed by atoms with Gasteiger partial charge in [-0.05, 0) is 135 Å². The van der Waals surface area contributed by atoms with Crippen molar-refractivity contribution in [1.29, 1.82) is 0 Å². The first-order valence-electron chi connectivity index (χ1n) is 20.0. The van der Waals surface area contributed by atoms with Gasteiger partial charge in [-0.25, -0.2) is 0 Å². The standard InChI is InChI=1S/C43H54O8/c1-23-18-24-19-26(44)5-7-28(24)30-9-8-29-31(40(23)30)10-13-37(29)51-39(49)15-14-38(48)50-22-36(47)34-12-11-33-32-6-4-25-20-27(45)16-17-42(25,2)41(32)35(46)21-43(33,34)3/h16-17,19-20,23,28-34,37,40-41H,4-15,18,21-22H2,1-3H3/t23-,28?,29?,30?,31?,32?,33?,34-,37+,40?,41?,42+,43+/m1/s1. The fraction of sp³-hybridized carbons (Fsp3) is 0.721. The summed E-state index contributed by atoms with van der Waals surface area (Å²) in [6.07, 6.45) is 17.1. The molecule has 6 fully saturated rings. The first kappa shape index (κ1) is 34.9. The lowest BCUT2D eigenvalue weighted by molar-refractivity contribution is -0.157. The molecule has 0 heterocycles. The van der Waals surface area contributed by atoms with Crippen molar-refractivity contribution in [3.05, 3.63) is 35.5 Å². The Morgan fingerprint density at radius 2 is 1.59 bits per heavy atom. The summed E-state index contributed by atoms with van der Waals surface area (Å²) in [6, 6.07) is 0. The Morgan fingerprint density at radius 1 is 0.824 bits per heavy atom. The molecule has 0 radical (unpaired) electrons. The van der Waals surface area contributed by atoms with E-state index < -0.39 is 16.8 Å². The Hall–Kier alpha value is -3.16. The lowest BCUT2D eigenvalue weighted by Crippen LogP contribution is -2.54. The highest BCUT2D eigenvalue weighted by Crippen LogP contribution is 2.65. The zero-order valence-corrected chi connectivity index (χ0v) is 30.5. The molecule has 6 saturated carbocycles. The summed E-state index contributed by atoms with van der Waals surface area (Å²) in [5.41, 5.74) is 1.51. The zero-order chi connectivity index (χ0) is 35.8. The van der Waals surface area contributed by atoms with E-state index in [2.05, 4.69) is 20.8 Å². The van der Waals surface area contributed by atoms with Crippen molar-refractivity contribution in [2.24, 2.45) is 70.0 Å². The average Bonchev–Trinajstić information content (AvgIpc) is 3.66. The summed E-state index contributed by atoms with van der Waals surface area (Å²) in [6.45, 7) is 6.17. The molecule has 0 spiro atoms. The van der Waals surface area contributed by atoms with Crippen LogP contribution in [0, 0.1) is 70.0 Å². The van der Waals surface area contributed by atoms with E-state index in [4.69, 9.17) is 9.47 Å². The van der Waals surface area contributed by atoms with Crippen molar-refractivity contribution in [2.45, 2.75) is 117 Å². The average molecular weight is 699 g/mol. The molecule has 0 bridgehead atoms. The number of esters is 2. The molecule has 8 aliphatic rings. The maximum Gasteiger partial charge on any atom is 0.306 e. The first-order valence-corrected chi connectivity index (χ1v) is 20.0. The third-order valence-electron chi connectivity index (χ3n) is 15.7. The minimum absolute atomic E-state index is 0.0117. The Labute approximate surface area is 301 Å². The molecule has 0 aromatic rings. The Kier molecular flexibility index (Phi) is 8.93. The van der Waals surface area contributed by atoms with Gasteiger partial charge in [0.25, 0.3) is 0 Å². The van der Waals surface area contributed by atoms with Crippen LogP contribution in [0.5, 0.6) is 0 Å². The molecule has 13 atom stereocenters. The van der Waals surface area contributed by atoms with Crippen LogP contribution in [-0.4, -0.2) is 47.8 Å². The predicted octanol–water partition coefficient (Wildman–Crippen LogP) is 6.89. The molecule has 274 valence electrons. The van der Waals surface area contributed by atoms with Crippen molar-refractivity contribution >= 4 is 35.1 Å². The van der Waals surface area contributed by atoms with E-state index in [1.807, 2.05) is 12.2 Å². The van der Waals surface area contributed by atoms with Crippen LogP contribution in [0.1, 0.15) is 111 Å². The van der Waals surface area contributed by atoms with Crippen molar-refractivity contribution in [3.8, 4) is 0 Å². The monoisotopic (exact) mass is 698 g/mol. The lowest BCUT2D eigenvalue weighted by Gasteiger charge is -2.55. The van der Waals surface area contributed by atoms with Gasteiger partial charge in [0.1, 0.15) is 18.5 Å². The number of rotatable bonds is 7. The van der Waals surface area contributed by atoms with Crippen LogP contribution in [0.2, 0.25) is 0 Å². The minimum Gasteiger partial charge on any atom is -0.462 e. The second kappa shape index (κ2) is 13.1. The predicted molar refractivity (Wildman–Crippen MR) is 188 cm³/mol. The molecule has 0 saturated heterocycles.